The third kappa shape index (κ3) is 5.00. The number of methoxy groups -OCH3 is 1. The zero-order valence-corrected chi connectivity index (χ0v) is 12.2. The van der Waals surface area contributed by atoms with Crippen LogP contribution in [-0.4, -0.2) is 24.7 Å². The van der Waals surface area contributed by atoms with E-state index in [1.807, 2.05) is 30.9 Å². The number of hydrogen-bond acceptors (Lipinski definition) is 3. The van der Waals surface area contributed by atoms with E-state index < -0.39 is 0 Å². The van der Waals surface area contributed by atoms with Gasteiger partial charge in [0, 0.05) is 16.5 Å². The van der Waals surface area contributed by atoms with E-state index in [0.29, 0.717) is 10.8 Å². The summed E-state index contributed by atoms with van der Waals surface area (Å²) in [5.41, 5.74) is 1.31. The Morgan fingerprint density at radius 2 is 1.82 bits per heavy atom. The Bertz CT molecular complexity index is 329. The van der Waals surface area contributed by atoms with Crippen LogP contribution >= 0.6 is 11.8 Å². The van der Waals surface area contributed by atoms with E-state index in [-0.39, 0.29) is 0 Å². The van der Waals surface area contributed by atoms with Crippen LogP contribution in [0, 0.1) is 0 Å². The highest BCUT2D eigenvalue weighted by molar-refractivity contribution is 8.00. The first-order chi connectivity index (χ1) is 7.96. The smallest absolute Gasteiger partial charge is 0.118 e. The predicted octanol–water partition coefficient (Wildman–Crippen LogP) is 3.49. The van der Waals surface area contributed by atoms with Gasteiger partial charge in [-0.3, -0.25) is 0 Å². The molecular formula is C14H23NOS. The minimum atomic E-state index is 0.307. The van der Waals surface area contributed by atoms with Gasteiger partial charge < -0.3 is 10.1 Å². The second-order valence-corrected chi connectivity index (χ2v) is 6.88. The molecular weight excluding hydrogens is 230 g/mol. The molecule has 0 fully saturated rings. The van der Waals surface area contributed by atoms with Crippen molar-refractivity contribution in [3.05, 3.63) is 29.8 Å². The molecule has 0 heterocycles. The fourth-order valence-corrected chi connectivity index (χ4v) is 2.54. The van der Waals surface area contributed by atoms with Crippen LogP contribution in [0.2, 0.25) is 0 Å². The van der Waals surface area contributed by atoms with Gasteiger partial charge in [0.05, 0.1) is 7.11 Å². The molecule has 1 aromatic carbocycles. The van der Waals surface area contributed by atoms with Gasteiger partial charge in [-0.1, -0.05) is 32.9 Å². The highest BCUT2D eigenvalue weighted by Crippen LogP contribution is 2.28. The molecule has 1 N–H and O–H groups in total. The van der Waals surface area contributed by atoms with Crippen molar-refractivity contribution < 1.29 is 4.74 Å². The number of hydrogen-bond donors (Lipinski definition) is 1. The Morgan fingerprint density at radius 3 is 2.24 bits per heavy atom. The van der Waals surface area contributed by atoms with Gasteiger partial charge in [0.25, 0.3) is 0 Å². The number of nitrogens with one attached hydrogen (secondary N) is 1. The Labute approximate surface area is 109 Å². The monoisotopic (exact) mass is 253 g/mol. The molecule has 1 atom stereocenters. The second kappa shape index (κ2) is 6.31. The Hall–Kier alpha value is -0.670. The molecule has 2 nitrogen and oxygen atoms in total. The summed E-state index contributed by atoms with van der Waals surface area (Å²) in [4.78, 5) is 0. The molecule has 0 aliphatic rings. The van der Waals surface area contributed by atoms with E-state index >= 15 is 0 Å². The highest BCUT2D eigenvalue weighted by atomic mass is 32.2. The van der Waals surface area contributed by atoms with Crippen LogP contribution in [0.5, 0.6) is 5.75 Å². The standard InChI is InChI=1S/C14H23NOS/c1-14(2,3)17-10-13(15-4)11-6-8-12(16-5)9-7-11/h6-9,13,15H,10H2,1-5H3. The van der Waals surface area contributed by atoms with Crippen molar-refractivity contribution >= 4 is 11.8 Å². The zero-order chi connectivity index (χ0) is 12.9. The van der Waals surface area contributed by atoms with Crippen molar-refractivity contribution in [1.82, 2.24) is 5.32 Å². The van der Waals surface area contributed by atoms with Gasteiger partial charge in [-0.25, -0.2) is 0 Å². The quantitative estimate of drug-likeness (QED) is 0.868. The zero-order valence-electron chi connectivity index (χ0n) is 11.4. The average molecular weight is 253 g/mol. The molecule has 0 bridgehead atoms. The number of ether oxygens (including phenoxy) is 1. The highest BCUT2D eigenvalue weighted by Gasteiger charge is 2.15. The molecule has 1 rings (SSSR count). The Balaban J connectivity index is 2.66. The third-order valence-corrected chi connectivity index (χ3v) is 3.92. The van der Waals surface area contributed by atoms with Crippen LogP contribution in [0.15, 0.2) is 24.3 Å². The predicted molar refractivity (Wildman–Crippen MR) is 77.0 cm³/mol. The van der Waals surface area contributed by atoms with E-state index in [9.17, 15) is 0 Å². The maximum Gasteiger partial charge on any atom is 0.118 e. The Morgan fingerprint density at radius 1 is 1.24 bits per heavy atom. The van der Waals surface area contributed by atoms with Crippen molar-refractivity contribution in [2.24, 2.45) is 0 Å². The molecule has 0 radical (unpaired) electrons. The lowest BCUT2D eigenvalue weighted by Crippen LogP contribution is -2.21. The summed E-state index contributed by atoms with van der Waals surface area (Å²) in [6, 6.07) is 8.68. The Kier molecular flexibility index (Phi) is 5.34. The van der Waals surface area contributed by atoms with Crippen molar-refractivity contribution in [3.8, 4) is 5.75 Å². The lowest BCUT2D eigenvalue weighted by molar-refractivity contribution is 0.414. The van der Waals surface area contributed by atoms with Gasteiger partial charge in [0.1, 0.15) is 5.75 Å². The van der Waals surface area contributed by atoms with Crippen molar-refractivity contribution in [3.63, 3.8) is 0 Å². The van der Waals surface area contributed by atoms with E-state index in [4.69, 9.17) is 4.74 Å². The molecule has 0 aliphatic carbocycles. The van der Waals surface area contributed by atoms with E-state index in [1.54, 1.807) is 7.11 Å². The minimum Gasteiger partial charge on any atom is -0.497 e. The van der Waals surface area contributed by atoms with Crippen LogP contribution in [0.25, 0.3) is 0 Å². The molecule has 3 heteroatoms. The number of rotatable bonds is 5. The normalized spacial score (nSPS) is 13.5. The molecule has 96 valence electrons. The van der Waals surface area contributed by atoms with Crippen LogP contribution in [-0.2, 0) is 0 Å². The maximum absolute atomic E-state index is 5.17. The average Bonchev–Trinajstić information content (AvgIpc) is 2.29. The SMILES string of the molecule is CNC(CSC(C)(C)C)c1ccc(OC)cc1. The number of benzene rings is 1. The van der Waals surface area contributed by atoms with E-state index in [0.717, 1.165) is 11.5 Å². The van der Waals surface area contributed by atoms with Crippen LogP contribution in [0.3, 0.4) is 0 Å². The lowest BCUT2D eigenvalue weighted by Gasteiger charge is -2.23. The largest absolute Gasteiger partial charge is 0.497 e. The fourth-order valence-electron chi connectivity index (χ4n) is 1.52. The summed E-state index contributed by atoms with van der Waals surface area (Å²) < 4.78 is 5.48. The lowest BCUT2D eigenvalue weighted by atomic mass is 10.1. The van der Waals surface area contributed by atoms with Crippen LogP contribution in [0.4, 0.5) is 0 Å². The van der Waals surface area contributed by atoms with E-state index in [2.05, 4.69) is 38.2 Å². The van der Waals surface area contributed by atoms with Crippen molar-refractivity contribution in [2.45, 2.75) is 31.6 Å². The van der Waals surface area contributed by atoms with Gasteiger partial charge in [0.15, 0.2) is 0 Å². The molecule has 0 spiro atoms. The summed E-state index contributed by atoms with van der Waals surface area (Å²) in [6.45, 7) is 6.75. The van der Waals surface area contributed by atoms with E-state index in [1.165, 1.54) is 5.56 Å². The molecule has 0 amide bonds. The van der Waals surface area contributed by atoms with Gasteiger partial charge >= 0.3 is 0 Å². The maximum atomic E-state index is 5.17. The van der Waals surface area contributed by atoms with Crippen molar-refractivity contribution in [2.75, 3.05) is 19.9 Å². The van der Waals surface area contributed by atoms with Crippen LogP contribution in [0.1, 0.15) is 32.4 Å². The topological polar surface area (TPSA) is 21.3 Å². The number of thioether (sulfide) groups is 1. The molecule has 17 heavy (non-hydrogen) atoms. The molecule has 0 saturated heterocycles. The summed E-state index contributed by atoms with van der Waals surface area (Å²) in [6.07, 6.45) is 0. The minimum absolute atomic E-state index is 0.307. The fraction of sp³-hybridized carbons (Fsp3) is 0.571. The van der Waals surface area contributed by atoms with Crippen LogP contribution < -0.4 is 10.1 Å². The molecule has 1 unspecified atom stereocenters. The molecule has 0 saturated carbocycles. The van der Waals surface area contributed by atoms with Gasteiger partial charge in [-0.15, -0.1) is 0 Å². The van der Waals surface area contributed by atoms with Gasteiger partial charge in [-0.2, -0.15) is 11.8 Å². The van der Waals surface area contributed by atoms with Gasteiger partial charge in [0.2, 0.25) is 0 Å². The first kappa shape index (κ1) is 14.4. The summed E-state index contributed by atoms with van der Waals surface area (Å²) in [5.74, 6) is 1.99. The first-order valence-electron chi connectivity index (χ1n) is 5.91. The molecule has 0 aliphatic heterocycles. The van der Waals surface area contributed by atoms with Gasteiger partial charge in [-0.05, 0) is 24.7 Å². The third-order valence-electron chi connectivity index (χ3n) is 2.55. The summed E-state index contributed by atoms with van der Waals surface area (Å²) in [7, 11) is 3.71. The summed E-state index contributed by atoms with van der Waals surface area (Å²) >= 11 is 1.98. The molecule has 1 aromatic rings. The van der Waals surface area contributed by atoms with Crippen molar-refractivity contribution in [1.29, 1.82) is 0 Å². The summed E-state index contributed by atoms with van der Waals surface area (Å²) in [5, 5.41) is 3.37. The molecule has 0 aromatic heterocycles. The second-order valence-electron chi connectivity index (χ2n) is 5.04. The first-order valence-corrected chi connectivity index (χ1v) is 6.90.